The number of carbonyl (C=O) groups is 2. The number of oxime groups is 1. The second kappa shape index (κ2) is 6.77. The topological polar surface area (TPSA) is 91.8 Å². The molecule has 3 rings (SSSR count). The van der Waals surface area contributed by atoms with E-state index in [1.165, 1.54) is 0 Å². The van der Waals surface area contributed by atoms with Crippen molar-refractivity contribution in [1.29, 1.82) is 0 Å². The van der Waals surface area contributed by atoms with E-state index in [0.717, 1.165) is 13.0 Å². The van der Waals surface area contributed by atoms with Gasteiger partial charge in [-0.05, 0) is 32.4 Å². The molecule has 134 valence electrons. The first-order valence-corrected chi connectivity index (χ1v) is 7.98. The van der Waals surface area contributed by atoms with Crippen molar-refractivity contribution in [3.05, 3.63) is 0 Å². The number of alkyl halides is 3. The Bertz CT molecular complexity index is 552. The molecular weight excluding hydrogens is 329 g/mol. The maximum Gasteiger partial charge on any atom is 0.493 e. The SMILES string of the molecule is O=C1/C(=N\OC(=O)C(F)(F)F)C2CCNCC2NC2NCCCC12. The van der Waals surface area contributed by atoms with E-state index in [9.17, 15) is 22.8 Å². The fourth-order valence-electron chi connectivity index (χ4n) is 3.57. The van der Waals surface area contributed by atoms with Crippen LogP contribution < -0.4 is 16.0 Å². The molecule has 3 aliphatic heterocycles. The van der Waals surface area contributed by atoms with E-state index in [1.807, 2.05) is 0 Å². The lowest BCUT2D eigenvalue weighted by Crippen LogP contribution is -2.58. The third-order valence-corrected chi connectivity index (χ3v) is 4.73. The Morgan fingerprint density at radius 1 is 1.21 bits per heavy atom. The molecule has 3 fully saturated rings. The smallest absolute Gasteiger partial charge is 0.315 e. The van der Waals surface area contributed by atoms with E-state index < -0.39 is 18.1 Å². The van der Waals surface area contributed by atoms with Crippen LogP contribution in [0.15, 0.2) is 5.16 Å². The lowest BCUT2D eigenvalue weighted by molar-refractivity contribution is -0.199. The number of halogens is 3. The standard InChI is InChI=1S/C14H19F3N4O3/c15-14(16,17)13(23)24-21-10-7-3-5-18-6-9(7)20-12-8(11(10)22)2-1-4-19-12/h7-9,12,18-20H,1-6H2/b21-10-. The van der Waals surface area contributed by atoms with Crippen molar-refractivity contribution >= 4 is 17.5 Å². The summed E-state index contributed by atoms with van der Waals surface area (Å²) in [6.07, 6.45) is -3.45. The molecule has 0 saturated carbocycles. The molecule has 0 bridgehead atoms. The summed E-state index contributed by atoms with van der Waals surface area (Å²) in [7, 11) is 0. The summed E-state index contributed by atoms with van der Waals surface area (Å²) in [5.74, 6) is -3.56. The van der Waals surface area contributed by atoms with Gasteiger partial charge in [-0.1, -0.05) is 5.16 Å². The van der Waals surface area contributed by atoms with Crippen LogP contribution in [-0.2, 0) is 14.4 Å². The third kappa shape index (κ3) is 3.45. The first-order chi connectivity index (χ1) is 11.4. The van der Waals surface area contributed by atoms with Gasteiger partial charge in [-0.15, -0.1) is 0 Å². The van der Waals surface area contributed by atoms with Crippen LogP contribution in [0.5, 0.6) is 0 Å². The zero-order valence-electron chi connectivity index (χ0n) is 12.9. The summed E-state index contributed by atoms with van der Waals surface area (Å²) >= 11 is 0. The molecule has 0 aromatic rings. The molecule has 10 heteroatoms. The van der Waals surface area contributed by atoms with Gasteiger partial charge in [0.25, 0.3) is 0 Å². The van der Waals surface area contributed by atoms with Crippen LogP contribution in [0.4, 0.5) is 13.2 Å². The molecule has 0 aromatic carbocycles. The zero-order valence-corrected chi connectivity index (χ0v) is 12.9. The second-order valence-electron chi connectivity index (χ2n) is 6.27. The van der Waals surface area contributed by atoms with E-state index in [2.05, 4.69) is 25.9 Å². The van der Waals surface area contributed by atoms with Crippen molar-refractivity contribution in [1.82, 2.24) is 16.0 Å². The van der Waals surface area contributed by atoms with Gasteiger partial charge in [0.1, 0.15) is 5.71 Å². The van der Waals surface area contributed by atoms with Crippen molar-refractivity contribution < 1.29 is 27.6 Å². The number of rotatable bonds is 1. The van der Waals surface area contributed by atoms with Gasteiger partial charge in [0, 0.05) is 18.5 Å². The molecule has 0 amide bonds. The van der Waals surface area contributed by atoms with Crippen molar-refractivity contribution in [3.8, 4) is 0 Å². The fraction of sp³-hybridized carbons (Fsp3) is 0.786. The Morgan fingerprint density at radius 2 is 2.00 bits per heavy atom. The number of hydrogen-bond acceptors (Lipinski definition) is 7. The molecule has 4 unspecified atom stereocenters. The lowest BCUT2D eigenvalue weighted by Gasteiger charge is -2.34. The van der Waals surface area contributed by atoms with Gasteiger partial charge in [-0.3, -0.25) is 10.1 Å². The van der Waals surface area contributed by atoms with Crippen LogP contribution in [0.1, 0.15) is 19.3 Å². The predicted molar refractivity (Wildman–Crippen MR) is 77.0 cm³/mol. The molecule has 7 nitrogen and oxygen atoms in total. The highest BCUT2D eigenvalue weighted by atomic mass is 19.4. The number of fused-ring (bicyclic) bond motifs is 2. The van der Waals surface area contributed by atoms with Gasteiger partial charge < -0.3 is 15.5 Å². The maximum absolute atomic E-state index is 12.8. The number of piperidine rings is 2. The van der Waals surface area contributed by atoms with Gasteiger partial charge in [-0.25, -0.2) is 4.79 Å². The molecule has 0 spiro atoms. The van der Waals surface area contributed by atoms with Crippen molar-refractivity contribution in [2.75, 3.05) is 19.6 Å². The van der Waals surface area contributed by atoms with Crippen molar-refractivity contribution in [2.45, 2.75) is 37.6 Å². The number of ketones is 1. The highest BCUT2D eigenvalue weighted by Gasteiger charge is 2.46. The number of nitrogens with one attached hydrogen (secondary N) is 3. The second-order valence-corrected chi connectivity index (χ2v) is 6.27. The average Bonchev–Trinajstić information content (AvgIpc) is 2.66. The van der Waals surface area contributed by atoms with E-state index in [4.69, 9.17) is 0 Å². The van der Waals surface area contributed by atoms with E-state index in [1.54, 1.807) is 0 Å². The molecule has 3 heterocycles. The minimum Gasteiger partial charge on any atom is -0.315 e. The third-order valence-electron chi connectivity index (χ3n) is 4.73. The summed E-state index contributed by atoms with van der Waals surface area (Å²) in [6, 6.07) is -0.161. The highest BCUT2D eigenvalue weighted by Crippen LogP contribution is 2.28. The van der Waals surface area contributed by atoms with Crippen LogP contribution in [0.25, 0.3) is 0 Å². The Labute approximate surface area is 136 Å². The first kappa shape index (κ1) is 17.3. The number of hydrogen-bond donors (Lipinski definition) is 3. The van der Waals surface area contributed by atoms with Crippen LogP contribution in [0.2, 0.25) is 0 Å². The van der Waals surface area contributed by atoms with Gasteiger partial charge in [0.2, 0.25) is 0 Å². The summed E-state index contributed by atoms with van der Waals surface area (Å²) < 4.78 is 37.0. The minimum atomic E-state index is -5.14. The van der Waals surface area contributed by atoms with Gasteiger partial charge >= 0.3 is 12.1 Å². The Balaban J connectivity index is 1.88. The van der Waals surface area contributed by atoms with Crippen molar-refractivity contribution in [3.63, 3.8) is 0 Å². The summed E-state index contributed by atoms with van der Waals surface area (Å²) in [5, 5.41) is 13.1. The zero-order chi connectivity index (χ0) is 17.3. The van der Waals surface area contributed by atoms with Gasteiger partial charge in [0.05, 0.1) is 12.1 Å². The maximum atomic E-state index is 12.8. The highest BCUT2D eigenvalue weighted by molar-refractivity contribution is 6.41. The van der Waals surface area contributed by atoms with E-state index in [-0.39, 0.29) is 29.6 Å². The average molecular weight is 348 g/mol. The molecule has 24 heavy (non-hydrogen) atoms. The van der Waals surface area contributed by atoms with E-state index in [0.29, 0.717) is 25.9 Å². The van der Waals surface area contributed by atoms with Gasteiger partial charge in [-0.2, -0.15) is 13.2 Å². The number of Topliss-reactive ketones (excluding diaryl/α,β-unsaturated/α-hetero) is 1. The Kier molecular flexibility index (Phi) is 4.88. The predicted octanol–water partition coefficient (Wildman–Crippen LogP) is -0.0760. The summed E-state index contributed by atoms with van der Waals surface area (Å²) in [5.41, 5.74) is -0.0669. The van der Waals surface area contributed by atoms with Gasteiger partial charge in [0.15, 0.2) is 5.78 Å². The van der Waals surface area contributed by atoms with Crippen LogP contribution in [0, 0.1) is 11.8 Å². The molecular formula is C14H19F3N4O3. The Morgan fingerprint density at radius 3 is 2.75 bits per heavy atom. The molecule has 3 saturated heterocycles. The van der Waals surface area contributed by atoms with Crippen molar-refractivity contribution in [2.24, 2.45) is 17.0 Å². The molecule has 3 aliphatic rings. The fourth-order valence-corrected chi connectivity index (χ4v) is 3.57. The quantitative estimate of drug-likeness (QED) is 0.454. The minimum absolute atomic E-state index is 0.0669. The lowest BCUT2D eigenvalue weighted by atomic mass is 9.84. The first-order valence-electron chi connectivity index (χ1n) is 7.98. The van der Waals surface area contributed by atoms with Crippen LogP contribution >= 0.6 is 0 Å². The largest absolute Gasteiger partial charge is 0.493 e. The molecule has 4 atom stereocenters. The number of nitrogens with zero attached hydrogens (tertiary/aromatic N) is 1. The molecule has 0 aliphatic carbocycles. The number of carbonyl (C=O) groups excluding carboxylic acids is 2. The summed E-state index contributed by atoms with van der Waals surface area (Å²) in [6.45, 7) is 1.95. The van der Waals surface area contributed by atoms with Crippen LogP contribution in [-0.4, -0.2) is 55.5 Å². The van der Waals surface area contributed by atoms with Crippen LogP contribution in [0.3, 0.4) is 0 Å². The Hall–Kier alpha value is -1.52. The molecule has 0 radical (unpaired) electrons. The monoisotopic (exact) mass is 348 g/mol. The molecule has 3 N–H and O–H groups in total. The summed E-state index contributed by atoms with van der Waals surface area (Å²) in [4.78, 5) is 27.8. The normalized spacial score (nSPS) is 35.8. The van der Waals surface area contributed by atoms with E-state index >= 15 is 0 Å². The molecule has 0 aromatic heterocycles.